The Morgan fingerprint density at radius 3 is 2.72 bits per heavy atom. The number of aliphatic imine (C=N–C) groups is 1. The zero-order valence-corrected chi connectivity index (χ0v) is 10.7. The predicted octanol–water partition coefficient (Wildman–Crippen LogP) is 2.15. The molecule has 0 fully saturated rings. The van der Waals surface area contributed by atoms with Gasteiger partial charge in [-0.15, -0.1) is 0 Å². The fourth-order valence-corrected chi connectivity index (χ4v) is 2.18. The molecule has 2 rings (SSSR count). The monoisotopic (exact) mass is 262 g/mol. The number of aryl methyl sites for hydroxylation is 1. The Labute approximate surface area is 111 Å². The zero-order chi connectivity index (χ0) is 13.1. The van der Waals surface area contributed by atoms with Crippen LogP contribution in [0.2, 0.25) is 5.02 Å². The van der Waals surface area contributed by atoms with E-state index in [1.54, 1.807) is 6.07 Å². The summed E-state index contributed by atoms with van der Waals surface area (Å²) in [6.45, 7) is 0.678. The van der Waals surface area contributed by atoms with E-state index < -0.39 is 0 Å². The van der Waals surface area contributed by atoms with Gasteiger partial charge >= 0.3 is 0 Å². The van der Waals surface area contributed by atoms with Crippen molar-refractivity contribution in [2.45, 2.75) is 12.8 Å². The number of nitrogens with two attached hydrogens (primary N) is 2. The van der Waals surface area contributed by atoms with Crippen LogP contribution in [0.15, 0.2) is 28.8 Å². The molecule has 0 amide bonds. The molecule has 0 atom stereocenters. The van der Waals surface area contributed by atoms with E-state index in [9.17, 15) is 0 Å². The summed E-state index contributed by atoms with van der Waals surface area (Å²) < 4.78 is 0. The summed E-state index contributed by atoms with van der Waals surface area (Å²) in [7, 11) is 0. The van der Waals surface area contributed by atoms with Gasteiger partial charge in [-0.25, -0.2) is 0 Å². The summed E-state index contributed by atoms with van der Waals surface area (Å²) in [4.78, 5) is 4.11. The molecule has 0 aromatic heterocycles. The van der Waals surface area contributed by atoms with Crippen molar-refractivity contribution in [1.29, 1.82) is 5.41 Å². The van der Waals surface area contributed by atoms with Crippen LogP contribution in [-0.4, -0.2) is 18.6 Å². The normalized spacial score (nSPS) is 14.3. The second kappa shape index (κ2) is 5.23. The van der Waals surface area contributed by atoms with E-state index in [1.165, 1.54) is 11.8 Å². The first-order valence-corrected chi connectivity index (χ1v) is 6.05. The lowest BCUT2D eigenvalue weighted by atomic mass is 10.0. The Morgan fingerprint density at radius 2 is 2.11 bits per heavy atom. The first-order valence-electron chi connectivity index (χ1n) is 5.68. The molecule has 5 N–H and O–H groups in total. The molecule has 0 unspecified atom stereocenters. The molecule has 0 spiro atoms. The van der Waals surface area contributed by atoms with Crippen molar-refractivity contribution in [2.75, 3.05) is 12.3 Å². The maximum atomic E-state index is 7.21. The Balaban J connectivity index is 2.08. The van der Waals surface area contributed by atoms with Crippen molar-refractivity contribution >= 4 is 29.3 Å². The number of hydrogen-bond acceptors (Lipinski definition) is 4. The molecule has 94 valence electrons. The third-order valence-corrected chi connectivity index (χ3v) is 3.29. The van der Waals surface area contributed by atoms with Gasteiger partial charge < -0.3 is 16.9 Å². The van der Waals surface area contributed by atoms with Crippen molar-refractivity contribution in [3.63, 3.8) is 0 Å². The third kappa shape index (κ3) is 2.71. The Hall–Kier alpha value is -1.81. The first kappa shape index (κ1) is 12.6. The highest BCUT2D eigenvalue weighted by atomic mass is 35.5. The first-order chi connectivity index (χ1) is 8.60. The van der Waals surface area contributed by atoms with Crippen LogP contribution < -0.4 is 11.5 Å². The van der Waals surface area contributed by atoms with Crippen LogP contribution in [0, 0.1) is 5.41 Å². The largest absolute Gasteiger partial charge is 0.398 e. The van der Waals surface area contributed by atoms with Gasteiger partial charge in [0.15, 0.2) is 0 Å². The van der Waals surface area contributed by atoms with Crippen molar-refractivity contribution in [2.24, 2.45) is 10.7 Å². The second-order valence-corrected chi connectivity index (χ2v) is 4.67. The van der Waals surface area contributed by atoms with Crippen LogP contribution in [0.4, 0.5) is 5.69 Å². The Bertz CT molecular complexity index is 546. The summed E-state index contributed by atoms with van der Waals surface area (Å²) in [5.41, 5.74) is 14.9. The molecule has 0 radical (unpaired) electrons. The van der Waals surface area contributed by atoms with Gasteiger partial charge in [0.25, 0.3) is 0 Å². The maximum Gasteiger partial charge on any atom is 0.118 e. The van der Waals surface area contributed by atoms with E-state index >= 15 is 0 Å². The molecule has 0 saturated heterocycles. The number of halogens is 1. The van der Waals surface area contributed by atoms with Crippen LogP contribution in [-0.2, 0) is 6.42 Å². The smallest absolute Gasteiger partial charge is 0.118 e. The number of amidine groups is 1. The lowest BCUT2D eigenvalue weighted by molar-refractivity contribution is 0.916. The maximum absolute atomic E-state index is 7.21. The van der Waals surface area contributed by atoms with Crippen LogP contribution in [0.3, 0.4) is 0 Å². The van der Waals surface area contributed by atoms with E-state index in [4.69, 9.17) is 28.5 Å². The van der Waals surface area contributed by atoms with Gasteiger partial charge in [-0.2, -0.15) is 0 Å². The van der Waals surface area contributed by atoms with Gasteiger partial charge in [-0.05, 0) is 42.2 Å². The number of nitrogen functional groups attached to an aromatic ring is 1. The number of benzene rings is 1. The van der Waals surface area contributed by atoms with Crippen LogP contribution in [0.1, 0.15) is 17.5 Å². The highest BCUT2D eigenvalue weighted by molar-refractivity contribution is 6.31. The van der Waals surface area contributed by atoms with Crippen molar-refractivity contribution in [3.8, 4) is 0 Å². The molecule has 0 aliphatic carbocycles. The molecule has 1 aliphatic rings. The van der Waals surface area contributed by atoms with E-state index in [-0.39, 0.29) is 0 Å². The van der Waals surface area contributed by atoms with Crippen molar-refractivity contribution in [3.05, 3.63) is 39.9 Å². The van der Waals surface area contributed by atoms with Gasteiger partial charge in [-0.1, -0.05) is 11.6 Å². The molecule has 1 aromatic carbocycles. The minimum absolute atomic E-state index is 0.584. The molecule has 0 bridgehead atoms. The number of rotatable bonds is 4. The van der Waals surface area contributed by atoms with Crippen molar-refractivity contribution in [1.82, 2.24) is 0 Å². The summed E-state index contributed by atoms with van der Waals surface area (Å²) >= 11 is 6.16. The van der Waals surface area contributed by atoms with E-state index in [0.29, 0.717) is 28.7 Å². The summed E-state index contributed by atoms with van der Waals surface area (Å²) in [5.74, 6) is 0.592. The fraction of sp³-hybridized carbons (Fsp3) is 0.231. The van der Waals surface area contributed by atoms with Gasteiger partial charge in [0.2, 0.25) is 0 Å². The van der Waals surface area contributed by atoms with E-state index in [0.717, 1.165) is 18.4 Å². The molecule has 1 heterocycles. The minimum Gasteiger partial charge on any atom is -0.398 e. The second-order valence-electron chi connectivity index (χ2n) is 4.26. The number of nitrogens with zero attached hydrogens (tertiary/aromatic N) is 1. The van der Waals surface area contributed by atoms with Crippen LogP contribution >= 0.6 is 11.6 Å². The third-order valence-electron chi connectivity index (χ3n) is 2.94. The number of nitrogens with one attached hydrogen (secondary N) is 1. The highest BCUT2D eigenvalue weighted by Gasteiger charge is 2.09. The molecule has 4 nitrogen and oxygen atoms in total. The topological polar surface area (TPSA) is 88.2 Å². The number of anilines is 1. The number of hydrogen-bond donors (Lipinski definition) is 3. The quantitative estimate of drug-likeness (QED) is 0.573. The molecule has 1 aromatic rings. The molecule has 0 saturated carbocycles. The zero-order valence-electron chi connectivity index (χ0n) is 9.91. The minimum atomic E-state index is 0.584. The van der Waals surface area contributed by atoms with Gasteiger partial charge in [-0.3, -0.25) is 4.99 Å². The van der Waals surface area contributed by atoms with E-state index in [2.05, 4.69) is 4.99 Å². The van der Waals surface area contributed by atoms with E-state index in [1.807, 2.05) is 12.1 Å². The van der Waals surface area contributed by atoms with Crippen LogP contribution in [0.5, 0.6) is 0 Å². The average Bonchev–Trinajstić information content (AvgIpc) is 2.75. The van der Waals surface area contributed by atoms with Crippen molar-refractivity contribution < 1.29 is 0 Å². The highest BCUT2D eigenvalue weighted by Crippen LogP contribution is 2.25. The molecular formula is C13H15ClN4. The predicted molar refractivity (Wildman–Crippen MR) is 76.6 cm³/mol. The Morgan fingerprint density at radius 1 is 1.33 bits per heavy atom. The molecule has 1 aliphatic heterocycles. The molecule has 18 heavy (non-hydrogen) atoms. The molecule has 5 heteroatoms. The summed E-state index contributed by atoms with van der Waals surface area (Å²) in [6.07, 6.45) is 4.78. The lowest BCUT2D eigenvalue weighted by Crippen LogP contribution is -2.03. The fourth-order valence-electron chi connectivity index (χ4n) is 1.91. The lowest BCUT2D eigenvalue weighted by Gasteiger charge is -2.08. The summed E-state index contributed by atoms with van der Waals surface area (Å²) in [6, 6.07) is 3.57. The Kier molecular flexibility index (Phi) is 3.67. The standard InChI is InChI=1S/C13H15ClN4/c14-11-4-10(6-15)12(16)5-9(11)2-1-8-3-13(17)18-7-8/h3-6,15H,1-2,7,16H2,(H2,17,18). The SMILES string of the molecule is N=Cc1cc(Cl)c(CCC2=CC(N)=NC2)cc1N. The molecular weight excluding hydrogens is 248 g/mol. The van der Waals surface area contributed by atoms with Gasteiger partial charge in [0.05, 0.1) is 6.54 Å². The van der Waals surface area contributed by atoms with Gasteiger partial charge in [0.1, 0.15) is 5.84 Å². The van der Waals surface area contributed by atoms with Crippen LogP contribution in [0.25, 0.3) is 0 Å². The summed E-state index contributed by atoms with van der Waals surface area (Å²) in [5, 5.41) is 7.86. The average molecular weight is 263 g/mol. The van der Waals surface area contributed by atoms with Gasteiger partial charge in [0, 0.05) is 22.5 Å².